The molecule has 9 heteroatoms. The van der Waals surface area contributed by atoms with Crippen LogP contribution in [0.2, 0.25) is 5.02 Å². The number of amides is 1. The van der Waals surface area contributed by atoms with E-state index in [4.69, 9.17) is 16.3 Å². The van der Waals surface area contributed by atoms with Gasteiger partial charge in [0.05, 0.1) is 18.5 Å². The highest BCUT2D eigenvalue weighted by atomic mass is 35.5. The van der Waals surface area contributed by atoms with E-state index in [0.717, 1.165) is 16.1 Å². The number of carbonyl (C=O) groups is 1. The van der Waals surface area contributed by atoms with Crippen molar-refractivity contribution in [2.24, 2.45) is 0 Å². The second-order valence-corrected chi connectivity index (χ2v) is 7.93. The number of benzene rings is 1. The second kappa shape index (κ2) is 6.89. The Morgan fingerprint density at radius 3 is 2.92 bits per heavy atom. The summed E-state index contributed by atoms with van der Waals surface area (Å²) in [6.07, 6.45) is 3.40. The fourth-order valence-corrected chi connectivity index (χ4v) is 3.55. The molecule has 1 N–H and O–H groups in total. The molecule has 1 aromatic carbocycles. The first-order chi connectivity index (χ1) is 11.8. The van der Waals surface area contributed by atoms with Gasteiger partial charge in [-0.3, -0.25) is 14.1 Å². The van der Waals surface area contributed by atoms with E-state index in [9.17, 15) is 13.2 Å². The van der Waals surface area contributed by atoms with Crippen molar-refractivity contribution < 1.29 is 17.9 Å². The summed E-state index contributed by atoms with van der Waals surface area (Å²) in [5.74, 6) is -0.110. The number of aromatic nitrogens is 1. The molecule has 2 aromatic rings. The van der Waals surface area contributed by atoms with Crippen LogP contribution in [0.25, 0.3) is 0 Å². The molecule has 3 rings (SSSR count). The Balaban J connectivity index is 1.79. The van der Waals surface area contributed by atoms with Crippen LogP contribution in [-0.2, 0) is 21.4 Å². The average Bonchev–Trinajstić information content (AvgIpc) is 2.58. The van der Waals surface area contributed by atoms with Gasteiger partial charge in [0.15, 0.2) is 6.10 Å². The Morgan fingerprint density at radius 1 is 1.44 bits per heavy atom. The Labute approximate surface area is 150 Å². The van der Waals surface area contributed by atoms with Crippen LogP contribution in [0.4, 0.5) is 5.69 Å². The van der Waals surface area contributed by atoms with Crippen LogP contribution >= 0.6 is 11.6 Å². The van der Waals surface area contributed by atoms with E-state index in [1.54, 1.807) is 30.6 Å². The van der Waals surface area contributed by atoms with Crippen molar-refractivity contribution in [2.75, 3.05) is 17.1 Å². The van der Waals surface area contributed by atoms with Gasteiger partial charge in [0.1, 0.15) is 5.75 Å². The van der Waals surface area contributed by atoms with Gasteiger partial charge < -0.3 is 10.1 Å². The maximum Gasteiger partial charge on any atom is 0.263 e. The molecule has 0 saturated heterocycles. The van der Waals surface area contributed by atoms with Crippen LogP contribution < -0.4 is 14.4 Å². The predicted octanol–water partition coefficient (Wildman–Crippen LogP) is 1.58. The molecular formula is C16H16ClN3O4S. The number of anilines is 1. The van der Waals surface area contributed by atoms with Gasteiger partial charge in [0, 0.05) is 24.0 Å². The van der Waals surface area contributed by atoms with Gasteiger partial charge in [-0.25, -0.2) is 8.42 Å². The third-order valence-corrected chi connectivity index (χ3v) is 5.05. The number of ether oxygens (including phenoxy) is 1. The standard InChI is InChI=1S/C16H16ClN3O4S/c1-25(22,23)20-10-15(24-14-5-4-12(17)7-13(14)20)16(21)19-9-11-3-2-6-18-8-11/h2-8,15H,9-10H2,1H3,(H,19,21)/t15-/m0/s1. The van der Waals surface area contributed by atoms with E-state index in [1.165, 1.54) is 6.07 Å². The molecule has 1 aliphatic rings. The summed E-state index contributed by atoms with van der Waals surface area (Å²) in [7, 11) is -3.58. The molecule has 25 heavy (non-hydrogen) atoms. The van der Waals surface area contributed by atoms with E-state index >= 15 is 0 Å². The van der Waals surface area contributed by atoms with Gasteiger partial charge in [-0.1, -0.05) is 17.7 Å². The van der Waals surface area contributed by atoms with E-state index < -0.39 is 22.0 Å². The lowest BCUT2D eigenvalue weighted by Crippen LogP contribution is -2.50. The van der Waals surface area contributed by atoms with E-state index in [2.05, 4.69) is 10.3 Å². The monoisotopic (exact) mass is 381 g/mol. The number of fused-ring (bicyclic) bond motifs is 1. The van der Waals surface area contributed by atoms with Gasteiger partial charge in [0.25, 0.3) is 5.91 Å². The zero-order valence-electron chi connectivity index (χ0n) is 13.3. The van der Waals surface area contributed by atoms with E-state index in [0.29, 0.717) is 16.5 Å². The zero-order chi connectivity index (χ0) is 18.0. The van der Waals surface area contributed by atoms with Crippen molar-refractivity contribution in [2.45, 2.75) is 12.6 Å². The number of nitrogens with one attached hydrogen (secondary N) is 1. The number of hydrogen-bond donors (Lipinski definition) is 1. The minimum Gasteiger partial charge on any atom is -0.476 e. The Hall–Kier alpha value is -2.32. The minimum atomic E-state index is -3.58. The number of carbonyl (C=O) groups excluding carboxylic acids is 1. The smallest absolute Gasteiger partial charge is 0.263 e. The fourth-order valence-electron chi connectivity index (χ4n) is 2.48. The van der Waals surface area contributed by atoms with Gasteiger partial charge >= 0.3 is 0 Å². The first-order valence-electron chi connectivity index (χ1n) is 7.45. The van der Waals surface area contributed by atoms with Crippen LogP contribution in [0, 0.1) is 0 Å². The maximum absolute atomic E-state index is 12.4. The van der Waals surface area contributed by atoms with Crippen LogP contribution in [0.15, 0.2) is 42.7 Å². The van der Waals surface area contributed by atoms with Crippen LogP contribution in [-0.4, -0.2) is 38.2 Å². The SMILES string of the molecule is CS(=O)(=O)N1C[C@@H](C(=O)NCc2cccnc2)Oc2ccc(Cl)cc21. The molecule has 1 atom stereocenters. The molecular weight excluding hydrogens is 366 g/mol. The van der Waals surface area contributed by atoms with Crippen molar-refractivity contribution in [1.82, 2.24) is 10.3 Å². The summed E-state index contributed by atoms with van der Waals surface area (Å²) in [6.45, 7) is 0.157. The number of sulfonamides is 1. The molecule has 0 unspecified atom stereocenters. The zero-order valence-corrected chi connectivity index (χ0v) is 14.9. The average molecular weight is 382 g/mol. The maximum atomic E-state index is 12.4. The van der Waals surface area contributed by atoms with Crippen LogP contribution in [0.3, 0.4) is 0 Å². The molecule has 0 radical (unpaired) electrons. The summed E-state index contributed by atoms with van der Waals surface area (Å²) in [4.78, 5) is 16.4. The molecule has 0 saturated carbocycles. The van der Waals surface area contributed by atoms with Crippen molar-refractivity contribution >= 4 is 33.2 Å². The van der Waals surface area contributed by atoms with Gasteiger partial charge in [0.2, 0.25) is 10.0 Å². The van der Waals surface area contributed by atoms with Crippen LogP contribution in [0.5, 0.6) is 5.75 Å². The highest BCUT2D eigenvalue weighted by molar-refractivity contribution is 7.92. The molecule has 0 spiro atoms. The molecule has 0 bridgehead atoms. The lowest BCUT2D eigenvalue weighted by Gasteiger charge is -2.34. The third kappa shape index (κ3) is 4.02. The Bertz CT molecular complexity index is 890. The molecule has 1 amide bonds. The second-order valence-electron chi connectivity index (χ2n) is 5.59. The predicted molar refractivity (Wildman–Crippen MR) is 94.1 cm³/mol. The number of rotatable bonds is 4. The minimum absolute atomic E-state index is 0.120. The number of hydrogen-bond acceptors (Lipinski definition) is 5. The summed E-state index contributed by atoms with van der Waals surface area (Å²) in [5.41, 5.74) is 1.16. The third-order valence-electron chi connectivity index (χ3n) is 3.67. The quantitative estimate of drug-likeness (QED) is 0.868. The number of pyridine rings is 1. The van der Waals surface area contributed by atoms with Crippen molar-refractivity contribution in [1.29, 1.82) is 0 Å². The van der Waals surface area contributed by atoms with Crippen LogP contribution in [0.1, 0.15) is 5.56 Å². The molecule has 0 aliphatic carbocycles. The molecule has 2 heterocycles. The lowest BCUT2D eigenvalue weighted by atomic mass is 10.2. The summed E-state index contributed by atoms with van der Waals surface area (Å²) >= 11 is 5.95. The first kappa shape index (κ1) is 17.5. The summed E-state index contributed by atoms with van der Waals surface area (Å²) in [5, 5.41) is 3.12. The van der Waals surface area contributed by atoms with E-state index in [1.807, 2.05) is 6.07 Å². The first-order valence-corrected chi connectivity index (χ1v) is 9.68. The summed E-state index contributed by atoms with van der Waals surface area (Å²) in [6, 6.07) is 8.23. The van der Waals surface area contributed by atoms with Crippen molar-refractivity contribution in [3.8, 4) is 5.75 Å². The topological polar surface area (TPSA) is 88.6 Å². The highest BCUT2D eigenvalue weighted by Gasteiger charge is 2.35. The molecule has 1 aromatic heterocycles. The normalized spacial score (nSPS) is 16.7. The number of halogens is 1. The van der Waals surface area contributed by atoms with Gasteiger partial charge in [-0.15, -0.1) is 0 Å². The largest absolute Gasteiger partial charge is 0.476 e. The molecule has 1 aliphatic heterocycles. The summed E-state index contributed by atoms with van der Waals surface area (Å²) < 4.78 is 31.0. The molecule has 0 fully saturated rings. The molecule has 7 nitrogen and oxygen atoms in total. The Morgan fingerprint density at radius 2 is 2.24 bits per heavy atom. The van der Waals surface area contributed by atoms with Gasteiger partial charge in [-0.05, 0) is 29.8 Å². The van der Waals surface area contributed by atoms with Crippen molar-refractivity contribution in [3.63, 3.8) is 0 Å². The highest BCUT2D eigenvalue weighted by Crippen LogP contribution is 2.37. The van der Waals surface area contributed by atoms with Crippen molar-refractivity contribution in [3.05, 3.63) is 53.3 Å². The lowest BCUT2D eigenvalue weighted by molar-refractivity contribution is -0.127. The Kier molecular flexibility index (Phi) is 4.82. The fraction of sp³-hybridized carbons (Fsp3) is 0.250. The van der Waals surface area contributed by atoms with E-state index in [-0.39, 0.29) is 13.1 Å². The van der Waals surface area contributed by atoms with Gasteiger partial charge in [-0.2, -0.15) is 0 Å². The number of nitrogens with zero attached hydrogens (tertiary/aromatic N) is 2. The molecule has 132 valence electrons.